The number of rotatable bonds is 12. The second kappa shape index (κ2) is 15.1. The molecule has 1 saturated heterocycles. The Bertz CT molecular complexity index is 1340. The van der Waals surface area contributed by atoms with Crippen LogP contribution in [0, 0.1) is 17.6 Å². The molecule has 4 N–H and O–H groups in total. The molecule has 232 valence electrons. The van der Waals surface area contributed by atoms with E-state index in [1.165, 1.54) is 18.7 Å². The first-order chi connectivity index (χ1) is 20.7. The topological polar surface area (TPSA) is 112 Å². The van der Waals surface area contributed by atoms with Crippen LogP contribution >= 0.6 is 0 Å². The van der Waals surface area contributed by atoms with Crippen LogP contribution in [0.1, 0.15) is 62.6 Å². The zero-order valence-electron chi connectivity index (χ0n) is 25.0. The van der Waals surface area contributed by atoms with Crippen molar-refractivity contribution < 1.29 is 27.9 Å². The third-order valence-electron chi connectivity index (χ3n) is 8.17. The van der Waals surface area contributed by atoms with Crippen molar-refractivity contribution in [3.05, 3.63) is 76.5 Å². The van der Waals surface area contributed by atoms with Gasteiger partial charge in [-0.05, 0) is 86.6 Å². The molecule has 1 fully saturated rings. The molecule has 2 atom stereocenters. The Kier molecular flexibility index (Phi) is 11.2. The largest absolute Gasteiger partial charge is 0.378 e. The maximum Gasteiger partial charge on any atom is 0.319 e. The van der Waals surface area contributed by atoms with Crippen LogP contribution in [0.2, 0.25) is 0 Å². The molecule has 0 aromatic heterocycles. The number of carbonyl (C=O) groups is 3. The quantitative estimate of drug-likeness (QED) is 0.268. The third kappa shape index (κ3) is 8.39. The summed E-state index contributed by atoms with van der Waals surface area (Å²) in [5, 5.41) is 11.2. The number of hydrogen-bond donors (Lipinski definition) is 4. The van der Waals surface area contributed by atoms with Gasteiger partial charge in [-0.25, -0.2) is 13.6 Å². The van der Waals surface area contributed by atoms with E-state index < -0.39 is 29.6 Å². The van der Waals surface area contributed by atoms with E-state index in [4.69, 9.17) is 4.74 Å². The molecule has 2 unspecified atom stereocenters. The molecule has 0 bridgehead atoms. The molecule has 0 spiro atoms. The molecule has 9 nitrogen and oxygen atoms in total. The highest BCUT2D eigenvalue weighted by Gasteiger charge is 2.33. The molecule has 43 heavy (non-hydrogen) atoms. The molecule has 2 aliphatic rings. The van der Waals surface area contributed by atoms with E-state index >= 15 is 0 Å². The summed E-state index contributed by atoms with van der Waals surface area (Å²) in [6, 6.07) is 9.89. The first kappa shape index (κ1) is 32.1. The second-order valence-electron chi connectivity index (χ2n) is 11.2. The standard InChI is InChI=1S/C32H41F2N5O4/c1-4-20(2)30(40)36-24-8-5-7-22(17-24)21-11-15-39(16-12-21)14-6-13-35-31(41)28-27(19-43-3)37-32(42)38-29(28)23-9-10-25(33)26(34)18-23/h5,7-10,17-18,20-21,29H,4,6,11-16,19H2,1-3H3,(H,35,41)(H,36,40)(H2,37,38,42). The molecule has 0 aliphatic carbocycles. The van der Waals surface area contributed by atoms with E-state index in [0.717, 1.165) is 63.1 Å². The molecule has 4 amide bonds. The summed E-state index contributed by atoms with van der Waals surface area (Å²) in [5.74, 6) is -2.07. The van der Waals surface area contributed by atoms with Gasteiger partial charge in [0.25, 0.3) is 5.91 Å². The fourth-order valence-electron chi connectivity index (χ4n) is 5.50. The highest BCUT2D eigenvalue weighted by atomic mass is 19.2. The van der Waals surface area contributed by atoms with Crippen LogP contribution in [0.4, 0.5) is 19.3 Å². The molecule has 0 radical (unpaired) electrons. The average Bonchev–Trinajstić information content (AvgIpc) is 3.00. The summed E-state index contributed by atoms with van der Waals surface area (Å²) in [6.07, 6.45) is 3.52. The van der Waals surface area contributed by atoms with Crippen molar-refractivity contribution in [3.63, 3.8) is 0 Å². The predicted molar refractivity (Wildman–Crippen MR) is 160 cm³/mol. The van der Waals surface area contributed by atoms with Gasteiger partial charge >= 0.3 is 6.03 Å². The second-order valence-corrected chi connectivity index (χ2v) is 11.2. The lowest BCUT2D eigenvalue weighted by Crippen LogP contribution is -2.48. The normalized spacial score (nSPS) is 18.5. The van der Waals surface area contributed by atoms with Crippen LogP contribution < -0.4 is 21.3 Å². The number of hydrogen-bond acceptors (Lipinski definition) is 5. The van der Waals surface area contributed by atoms with Crippen LogP contribution in [0.3, 0.4) is 0 Å². The Balaban J connectivity index is 1.29. The Labute approximate surface area is 251 Å². The van der Waals surface area contributed by atoms with Crippen molar-refractivity contribution >= 4 is 23.5 Å². The number of benzene rings is 2. The van der Waals surface area contributed by atoms with E-state index in [9.17, 15) is 23.2 Å². The van der Waals surface area contributed by atoms with Crippen molar-refractivity contribution in [2.24, 2.45) is 5.92 Å². The van der Waals surface area contributed by atoms with Crippen molar-refractivity contribution in [1.29, 1.82) is 0 Å². The number of methoxy groups -OCH3 is 1. The number of halogens is 2. The molecular formula is C32H41F2N5O4. The molecule has 2 aromatic carbocycles. The maximum absolute atomic E-state index is 14.0. The van der Waals surface area contributed by atoms with Gasteiger partial charge in [0, 0.05) is 25.3 Å². The number of carbonyl (C=O) groups excluding carboxylic acids is 3. The first-order valence-corrected chi connectivity index (χ1v) is 14.9. The molecular weight excluding hydrogens is 556 g/mol. The lowest BCUT2D eigenvalue weighted by atomic mass is 9.89. The number of urea groups is 1. The van der Waals surface area contributed by atoms with Crippen LogP contribution in [-0.4, -0.2) is 62.6 Å². The zero-order chi connectivity index (χ0) is 30.9. The van der Waals surface area contributed by atoms with Crippen molar-refractivity contribution in [3.8, 4) is 0 Å². The first-order valence-electron chi connectivity index (χ1n) is 14.9. The summed E-state index contributed by atoms with van der Waals surface area (Å²) in [6.45, 7) is 6.97. The van der Waals surface area contributed by atoms with Crippen LogP contribution in [0.15, 0.2) is 53.7 Å². The van der Waals surface area contributed by atoms with Gasteiger partial charge in [-0.15, -0.1) is 0 Å². The molecule has 4 rings (SSSR count). The van der Waals surface area contributed by atoms with E-state index in [-0.39, 0.29) is 35.3 Å². The van der Waals surface area contributed by atoms with Gasteiger partial charge < -0.3 is 30.9 Å². The fraction of sp³-hybridized carbons (Fsp3) is 0.469. The van der Waals surface area contributed by atoms with Gasteiger partial charge in [0.05, 0.1) is 23.9 Å². The number of amides is 4. The van der Waals surface area contributed by atoms with Crippen molar-refractivity contribution in [2.75, 3.05) is 45.2 Å². The van der Waals surface area contributed by atoms with Gasteiger partial charge in [-0.1, -0.05) is 32.0 Å². The zero-order valence-corrected chi connectivity index (χ0v) is 25.0. The van der Waals surface area contributed by atoms with Gasteiger partial charge in [0.2, 0.25) is 5.91 Å². The summed E-state index contributed by atoms with van der Waals surface area (Å²) < 4.78 is 32.7. The lowest BCUT2D eigenvalue weighted by Gasteiger charge is -2.32. The van der Waals surface area contributed by atoms with Crippen LogP contribution in [0.5, 0.6) is 0 Å². The maximum atomic E-state index is 14.0. The number of piperidine rings is 1. The number of nitrogens with zero attached hydrogens (tertiary/aromatic N) is 1. The number of anilines is 1. The van der Waals surface area contributed by atoms with E-state index in [2.05, 4.69) is 38.3 Å². The van der Waals surface area contributed by atoms with Crippen LogP contribution in [0.25, 0.3) is 0 Å². The summed E-state index contributed by atoms with van der Waals surface area (Å²) >= 11 is 0. The number of nitrogens with one attached hydrogen (secondary N) is 4. The van der Waals surface area contributed by atoms with E-state index in [1.54, 1.807) is 0 Å². The van der Waals surface area contributed by atoms with E-state index in [1.807, 2.05) is 26.0 Å². The Morgan fingerprint density at radius 3 is 2.56 bits per heavy atom. The molecule has 2 heterocycles. The van der Waals surface area contributed by atoms with Crippen molar-refractivity contribution in [2.45, 2.75) is 51.5 Å². The third-order valence-corrected chi connectivity index (χ3v) is 8.17. The Morgan fingerprint density at radius 2 is 1.86 bits per heavy atom. The SMILES string of the molecule is CCC(C)C(=O)Nc1cccc(C2CCN(CCCNC(=O)C3=C(COC)NC(=O)NC3c3ccc(F)c(F)c3)CC2)c1. The van der Waals surface area contributed by atoms with Crippen LogP contribution in [-0.2, 0) is 14.3 Å². The smallest absolute Gasteiger partial charge is 0.319 e. The van der Waals surface area contributed by atoms with Crippen molar-refractivity contribution in [1.82, 2.24) is 20.9 Å². The summed E-state index contributed by atoms with van der Waals surface area (Å²) in [4.78, 5) is 40.2. The lowest BCUT2D eigenvalue weighted by molar-refractivity contribution is -0.119. The molecule has 2 aliphatic heterocycles. The highest BCUT2D eigenvalue weighted by Crippen LogP contribution is 2.30. The minimum atomic E-state index is -1.07. The highest BCUT2D eigenvalue weighted by molar-refractivity contribution is 5.98. The summed E-state index contributed by atoms with van der Waals surface area (Å²) in [7, 11) is 1.44. The fourth-order valence-corrected chi connectivity index (χ4v) is 5.50. The monoisotopic (exact) mass is 597 g/mol. The van der Waals surface area contributed by atoms with Gasteiger partial charge in [-0.2, -0.15) is 0 Å². The number of ether oxygens (including phenoxy) is 1. The van der Waals surface area contributed by atoms with E-state index in [0.29, 0.717) is 12.5 Å². The number of likely N-dealkylation sites (tertiary alicyclic amines) is 1. The molecule has 0 saturated carbocycles. The molecule has 11 heteroatoms. The minimum Gasteiger partial charge on any atom is -0.378 e. The molecule has 2 aromatic rings. The Morgan fingerprint density at radius 1 is 1.09 bits per heavy atom. The predicted octanol–water partition coefficient (Wildman–Crippen LogP) is 4.59. The van der Waals surface area contributed by atoms with Gasteiger partial charge in [0.15, 0.2) is 11.6 Å². The van der Waals surface area contributed by atoms with Gasteiger partial charge in [0.1, 0.15) is 0 Å². The average molecular weight is 598 g/mol. The Hall–Kier alpha value is -3.83. The minimum absolute atomic E-state index is 0.0261. The summed E-state index contributed by atoms with van der Waals surface area (Å²) in [5.41, 5.74) is 2.78. The van der Waals surface area contributed by atoms with Gasteiger partial charge in [-0.3, -0.25) is 9.59 Å².